The number of rotatable bonds is 4. The smallest absolute Gasteiger partial charge is 0.309 e. The lowest BCUT2D eigenvalue weighted by Crippen LogP contribution is -2.01. The summed E-state index contributed by atoms with van der Waals surface area (Å²) in [4.78, 5) is 18.8. The number of aromatic nitrogens is 2. The predicted molar refractivity (Wildman–Crippen MR) is 52.3 cm³/mol. The van der Waals surface area contributed by atoms with E-state index in [1.165, 1.54) is 0 Å². The Bertz CT molecular complexity index is 309. The van der Waals surface area contributed by atoms with E-state index in [0.29, 0.717) is 6.61 Å². The molecule has 4 nitrogen and oxygen atoms in total. The fourth-order valence-electron chi connectivity index (χ4n) is 0.892. The van der Waals surface area contributed by atoms with Gasteiger partial charge in [0.15, 0.2) is 0 Å². The first-order valence-corrected chi connectivity index (χ1v) is 4.41. The molecule has 1 heterocycles. The number of nitrogens with zero attached hydrogens (tertiary/aromatic N) is 2. The van der Waals surface area contributed by atoms with Crippen molar-refractivity contribution >= 4 is 12.0 Å². The second-order valence-electron chi connectivity index (χ2n) is 2.54. The number of hydrogen-bond acceptors (Lipinski definition) is 4. The highest BCUT2D eigenvalue weighted by atomic mass is 16.5. The first kappa shape index (κ1) is 10.4. The standard InChI is InChI=1S/C10H12N2O2/c1-2-14-10(13)5-3-4-9-8-11-6-7-12-9/h3-4,6-8H,2,5H2,1H3. The van der Waals surface area contributed by atoms with Crippen LogP contribution in [0.5, 0.6) is 0 Å². The van der Waals surface area contributed by atoms with E-state index in [2.05, 4.69) is 9.97 Å². The lowest BCUT2D eigenvalue weighted by Gasteiger charge is -1.96. The Morgan fingerprint density at radius 1 is 1.57 bits per heavy atom. The van der Waals surface area contributed by atoms with Gasteiger partial charge in [0.1, 0.15) is 0 Å². The van der Waals surface area contributed by atoms with E-state index in [4.69, 9.17) is 4.74 Å². The van der Waals surface area contributed by atoms with Gasteiger partial charge in [-0.25, -0.2) is 0 Å². The Hall–Kier alpha value is -1.71. The highest BCUT2D eigenvalue weighted by molar-refractivity contribution is 5.72. The molecule has 0 aliphatic heterocycles. The van der Waals surface area contributed by atoms with Crippen LogP contribution in [-0.2, 0) is 9.53 Å². The van der Waals surface area contributed by atoms with Gasteiger partial charge in [0.25, 0.3) is 0 Å². The van der Waals surface area contributed by atoms with Crippen molar-refractivity contribution in [2.75, 3.05) is 6.61 Å². The Kier molecular flexibility index (Phi) is 4.34. The molecule has 0 unspecified atom stereocenters. The lowest BCUT2D eigenvalue weighted by atomic mass is 10.3. The molecule has 0 aliphatic carbocycles. The molecule has 0 spiro atoms. The summed E-state index contributed by atoms with van der Waals surface area (Å²) in [7, 11) is 0. The van der Waals surface area contributed by atoms with E-state index in [1.807, 2.05) is 0 Å². The van der Waals surface area contributed by atoms with Crippen LogP contribution >= 0.6 is 0 Å². The van der Waals surface area contributed by atoms with Crippen LogP contribution in [0.3, 0.4) is 0 Å². The van der Waals surface area contributed by atoms with Crippen LogP contribution in [0.4, 0.5) is 0 Å². The van der Waals surface area contributed by atoms with Crippen LogP contribution in [0, 0.1) is 0 Å². The third-order valence-electron chi connectivity index (χ3n) is 1.46. The third-order valence-corrected chi connectivity index (χ3v) is 1.46. The summed E-state index contributed by atoms with van der Waals surface area (Å²) in [6.07, 6.45) is 8.55. The summed E-state index contributed by atoms with van der Waals surface area (Å²) >= 11 is 0. The molecule has 14 heavy (non-hydrogen) atoms. The number of ether oxygens (including phenoxy) is 1. The predicted octanol–water partition coefficient (Wildman–Crippen LogP) is 1.44. The van der Waals surface area contributed by atoms with E-state index < -0.39 is 0 Å². The minimum atomic E-state index is -0.229. The van der Waals surface area contributed by atoms with Crippen LogP contribution in [0.25, 0.3) is 6.08 Å². The molecule has 0 fully saturated rings. The average Bonchev–Trinajstić information content (AvgIpc) is 2.20. The van der Waals surface area contributed by atoms with Crippen molar-refractivity contribution in [3.63, 3.8) is 0 Å². The Morgan fingerprint density at radius 3 is 3.07 bits per heavy atom. The molecule has 0 saturated heterocycles. The van der Waals surface area contributed by atoms with E-state index in [0.717, 1.165) is 5.69 Å². The van der Waals surface area contributed by atoms with Gasteiger partial charge in [-0.2, -0.15) is 0 Å². The largest absolute Gasteiger partial charge is 0.466 e. The highest BCUT2D eigenvalue weighted by Gasteiger charge is 1.96. The maximum absolute atomic E-state index is 10.9. The van der Waals surface area contributed by atoms with Gasteiger partial charge in [-0.3, -0.25) is 14.8 Å². The number of carbonyl (C=O) groups is 1. The maximum Gasteiger partial charge on any atom is 0.309 e. The summed E-state index contributed by atoms with van der Waals surface area (Å²) < 4.78 is 4.75. The van der Waals surface area contributed by atoms with E-state index >= 15 is 0 Å². The summed E-state index contributed by atoms with van der Waals surface area (Å²) in [5.41, 5.74) is 0.733. The summed E-state index contributed by atoms with van der Waals surface area (Å²) in [5, 5.41) is 0. The zero-order valence-electron chi connectivity index (χ0n) is 8.01. The molecule has 0 bridgehead atoms. The summed E-state index contributed by atoms with van der Waals surface area (Å²) in [6, 6.07) is 0. The molecular weight excluding hydrogens is 180 g/mol. The minimum Gasteiger partial charge on any atom is -0.466 e. The normalized spacial score (nSPS) is 10.4. The molecule has 74 valence electrons. The maximum atomic E-state index is 10.9. The van der Waals surface area contributed by atoms with Crippen molar-refractivity contribution in [1.29, 1.82) is 0 Å². The fourth-order valence-corrected chi connectivity index (χ4v) is 0.892. The topological polar surface area (TPSA) is 52.1 Å². The SMILES string of the molecule is CCOC(=O)CC=Cc1cnccn1. The molecule has 4 heteroatoms. The van der Waals surface area contributed by atoms with Crippen LogP contribution in [0.15, 0.2) is 24.7 Å². The molecule has 1 aromatic rings. The highest BCUT2D eigenvalue weighted by Crippen LogP contribution is 1.96. The summed E-state index contributed by atoms with van der Waals surface area (Å²) in [6.45, 7) is 2.20. The molecule has 0 aliphatic rings. The number of carbonyl (C=O) groups excluding carboxylic acids is 1. The average molecular weight is 192 g/mol. The van der Waals surface area contributed by atoms with Gasteiger partial charge >= 0.3 is 5.97 Å². The van der Waals surface area contributed by atoms with E-state index in [-0.39, 0.29) is 12.4 Å². The van der Waals surface area contributed by atoms with E-state index in [9.17, 15) is 4.79 Å². The van der Waals surface area contributed by atoms with Crippen molar-refractivity contribution in [2.24, 2.45) is 0 Å². The van der Waals surface area contributed by atoms with Crippen LogP contribution in [0.2, 0.25) is 0 Å². The zero-order chi connectivity index (χ0) is 10.2. The fraction of sp³-hybridized carbons (Fsp3) is 0.300. The van der Waals surface area contributed by atoms with Crippen molar-refractivity contribution in [3.05, 3.63) is 30.4 Å². The lowest BCUT2D eigenvalue weighted by molar-refractivity contribution is -0.142. The van der Waals surface area contributed by atoms with Gasteiger partial charge in [0.05, 0.1) is 24.9 Å². The molecular formula is C10H12N2O2. The van der Waals surface area contributed by atoms with Crippen molar-refractivity contribution < 1.29 is 9.53 Å². The first-order chi connectivity index (χ1) is 6.83. The van der Waals surface area contributed by atoms with Crippen LogP contribution in [0.1, 0.15) is 19.0 Å². The monoisotopic (exact) mass is 192 g/mol. The second-order valence-corrected chi connectivity index (χ2v) is 2.54. The van der Waals surface area contributed by atoms with Crippen molar-refractivity contribution in [3.8, 4) is 0 Å². The Morgan fingerprint density at radius 2 is 2.43 bits per heavy atom. The van der Waals surface area contributed by atoms with Crippen LogP contribution in [-0.4, -0.2) is 22.5 Å². The van der Waals surface area contributed by atoms with Crippen molar-refractivity contribution in [2.45, 2.75) is 13.3 Å². The van der Waals surface area contributed by atoms with E-state index in [1.54, 1.807) is 37.7 Å². The Balaban J connectivity index is 2.38. The molecule has 0 N–H and O–H groups in total. The molecule has 0 radical (unpaired) electrons. The van der Waals surface area contributed by atoms with Gasteiger partial charge in [0, 0.05) is 12.4 Å². The molecule has 0 aromatic carbocycles. The quantitative estimate of drug-likeness (QED) is 0.677. The van der Waals surface area contributed by atoms with Gasteiger partial charge in [-0.05, 0) is 13.0 Å². The molecule has 1 rings (SSSR count). The Labute approximate surface area is 82.6 Å². The molecule has 0 saturated carbocycles. The second kappa shape index (κ2) is 5.85. The third kappa shape index (κ3) is 3.80. The first-order valence-electron chi connectivity index (χ1n) is 4.41. The van der Waals surface area contributed by atoms with Gasteiger partial charge in [-0.15, -0.1) is 0 Å². The van der Waals surface area contributed by atoms with Gasteiger partial charge in [0.2, 0.25) is 0 Å². The zero-order valence-corrected chi connectivity index (χ0v) is 8.01. The van der Waals surface area contributed by atoms with Crippen molar-refractivity contribution in [1.82, 2.24) is 9.97 Å². The van der Waals surface area contributed by atoms with Gasteiger partial charge < -0.3 is 4.74 Å². The minimum absolute atomic E-state index is 0.229. The molecule has 1 aromatic heterocycles. The number of esters is 1. The van der Waals surface area contributed by atoms with Gasteiger partial charge in [-0.1, -0.05) is 6.08 Å². The molecule has 0 atom stereocenters. The number of hydrogen-bond donors (Lipinski definition) is 0. The summed E-state index contributed by atoms with van der Waals surface area (Å²) in [5.74, 6) is -0.229. The molecule has 0 amide bonds. The van der Waals surface area contributed by atoms with Crippen LogP contribution < -0.4 is 0 Å².